The van der Waals surface area contributed by atoms with Gasteiger partial charge in [0.05, 0.1) is 18.1 Å². The second-order valence-electron chi connectivity index (χ2n) is 7.74. The fraction of sp³-hybridized carbons (Fsp3) is 0.304. The van der Waals surface area contributed by atoms with Crippen molar-refractivity contribution in [3.63, 3.8) is 0 Å². The number of aromatic nitrogens is 2. The minimum Gasteiger partial charge on any atom is -0.457 e. The Bertz CT molecular complexity index is 1040. The zero-order chi connectivity index (χ0) is 19.8. The second kappa shape index (κ2) is 7.37. The Morgan fingerprint density at radius 3 is 2.79 bits per heavy atom. The average molecular weight is 388 g/mol. The average Bonchev–Trinajstić information content (AvgIpc) is 3.21. The molecular weight excluding hydrogens is 364 g/mol. The summed E-state index contributed by atoms with van der Waals surface area (Å²) in [6.07, 6.45) is 3.66. The lowest BCUT2D eigenvalue weighted by Crippen LogP contribution is -2.38. The normalized spacial score (nSPS) is 19.7. The third kappa shape index (κ3) is 3.40. The molecule has 6 heteroatoms. The topological polar surface area (TPSA) is 61.5 Å². The summed E-state index contributed by atoms with van der Waals surface area (Å²) in [5.74, 6) is 1.45. The number of benzene rings is 2. The van der Waals surface area contributed by atoms with Crippen molar-refractivity contribution >= 4 is 5.91 Å². The first-order chi connectivity index (χ1) is 14.2. The van der Waals surface area contributed by atoms with Crippen LogP contribution in [0.1, 0.15) is 39.8 Å². The number of ether oxygens (including phenoxy) is 1. The van der Waals surface area contributed by atoms with Gasteiger partial charge in [0.1, 0.15) is 11.5 Å². The molecule has 2 aromatic carbocycles. The van der Waals surface area contributed by atoms with Crippen molar-refractivity contribution in [3.05, 3.63) is 77.4 Å². The van der Waals surface area contributed by atoms with Crippen LogP contribution >= 0.6 is 0 Å². The van der Waals surface area contributed by atoms with Gasteiger partial charge in [0.25, 0.3) is 5.91 Å². The highest BCUT2D eigenvalue weighted by Crippen LogP contribution is 2.35. The van der Waals surface area contributed by atoms with Crippen LogP contribution in [0, 0.1) is 0 Å². The van der Waals surface area contributed by atoms with Crippen LogP contribution in [0.2, 0.25) is 0 Å². The number of nitrogens with one attached hydrogen (secondary N) is 1. The molecule has 0 saturated carbocycles. The van der Waals surface area contributed by atoms with E-state index >= 15 is 0 Å². The van der Waals surface area contributed by atoms with Gasteiger partial charge < -0.3 is 14.6 Å². The predicted octanol–water partition coefficient (Wildman–Crippen LogP) is 3.63. The van der Waals surface area contributed by atoms with Crippen molar-refractivity contribution in [3.8, 4) is 11.5 Å². The number of carbonyl (C=O) groups is 1. The van der Waals surface area contributed by atoms with E-state index in [0.717, 1.165) is 37.4 Å². The smallest absolute Gasteiger partial charge is 0.253 e. The van der Waals surface area contributed by atoms with Gasteiger partial charge in [-0.25, -0.2) is 4.98 Å². The SMILES string of the molecule is CN1CCCN2CCc3[nH]cnc3C2c2cccc(c2)Oc2cccc(c2)C1=O. The summed E-state index contributed by atoms with van der Waals surface area (Å²) in [7, 11) is 1.86. The Hall–Kier alpha value is -3.12. The van der Waals surface area contributed by atoms with Crippen LogP contribution in [-0.4, -0.2) is 52.4 Å². The summed E-state index contributed by atoms with van der Waals surface area (Å²) in [5, 5.41) is 0. The van der Waals surface area contributed by atoms with Gasteiger partial charge in [-0.2, -0.15) is 0 Å². The van der Waals surface area contributed by atoms with Gasteiger partial charge in [0.2, 0.25) is 0 Å². The van der Waals surface area contributed by atoms with Gasteiger partial charge in [0, 0.05) is 44.4 Å². The molecule has 2 aliphatic rings. The number of imidazole rings is 1. The highest BCUT2D eigenvalue weighted by Gasteiger charge is 2.31. The number of rotatable bonds is 0. The molecule has 3 heterocycles. The van der Waals surface area contributed by atoms with E-state index in [2.05, 4.69) is 27.0 Å². The first-order valence-electron chi connectivity index (χ1n) is 10.1. The van der Waals surface area contributed by atoms with E-state index in [1.165, 1.54) is 11.3 Å². The van der Waals surface area contributed by atoms with E-state index in [-0.39, 0.29) is 11.9 Å². The zero-order valence-electron chi connectivity index (χ0n) is 16.5. The molecule has 4 bridgehead atoms. The summed E-state index contributed by atoms with van der Waals surface area (Å²) in [6, 6.07) is 15.7. The maximum Gasteiger partial charge on any atom is 0.253 e. The van der Waals surface area contributed by atoms with E-state index in [1.807, 2.05) is 43.4 Å². The Morgan fingerprint density at radius 1 is 1.07 bits per heavy atom. The van der Waals surface area contributed by atoms with Crippen LogP contribution in [0.3, 0.4) is 0 Å². The molecule has 0 aliphatic carbocycles. The van der Waals surface area contributed by atoms with Crippen LogP contribution in [0.4, 0.5) is 0 Å². The molecule has 1 N–H and O–H groups in total. The molecule has 6 nitrogen and oxygen atoms in total. The van der Waals surface area contributed by atoms with Gasteiger partial charge in [-0.15, -0.1) is 0 Å². The van der Waals surface area contributed by atoms with Crippen molar-refractivity contribution in [2.45, 2.75) is 18.9 Å². The van der Waals surface area contributed by atoms with Crippen LogP contribution in [0.5, 0.6) is 11.5 Å². The van der Waals surface area contributed by atoms with Crippen LogP contribution in [0.15, 0.2) is 54.9 Å². The fourth-order valence-electron chi connectivity index (χ4n) is 4.34. The summed E-state index contributed by atoms with van der Waals surface area (Å²) >= 11 is 0. The molecule has 0 saturated heterocycles. The van der Waals surface area contributed by atoms with Gasteiger partial charge in [-0.1, -0.05) is 18.2 Å². The fourth-order valence-corrected chi connectivity index (χ4v) is 4.34. The maximum atomic E-state index is 12.8. The number of hydrogen-bond acceptors (Lipinski definition) is 4. The van der Waals surface area contributed by atoms with Crippen LogP contribution < -0.4 is 4.74 Å². The molecule has 1 unspecified atom stereocenters. The third-order valence-corrected chi connectivity index (χ3v) is 5.80. The molecule has 1 atom stereocenters. The van der Waals surface area contributed by atoms with E-state index in [0.29, 0.717) is 17.9 Å². The predicted molar refractivity (Wildman–Crippen MR) is 110 cm³/mol. The summed E-state index contributed by atoms with van der Waals surface area (Å²) in [6.45, 7) is 2.57. The third-order valence-electron chi connectivity index (χ3n) is 5.80. The van der Waals surface area contributed by atoms with Gasteiger partial charge >= 0.3 is 0 Å². The molecule has 3 aromatic rings. The lowest BCUT2D eigenvalue weighted by molar-refractivity contribution is 0.0785. The monoisotopic (exact) mass is 388 g/mol. The second-order valence-corrected chi connectivity index (χ2v) is 7.74. The largest absolute Gasteiger partial charge is 0.457 e. The number of aromatic amines is 1. The number of carbonyl (C=O) groups excluding carboxylic acids is 1. The first kappa shape index (κ1) is 17.9. The van der Waals surface area contributed by atoms with Crippen LogP contribution in [0.25, 0.3) is 0 Å². The Morgan fingerprint density at radius 2 is 1.90 bits per heavy atom. The quantitative estimate of drug-likeness (QED) is 0.639. The van der Waals surface area contributed by atoms with Crippen LogP contribution in [-0.2, 0) is 6.42 Å². The minimum atomic E-state index is 0.0195. The van der Waals surface area contributed by atoms with Gasteiger partial charge in [-0.3, -0.25) is 9.69 Å². The lowest BCUT2D eigenvalue weighted by Gasteiger charge is -2.35. The van der Waals surface area contributed by atoms with Crippen molar-refractivity contribution in [1.82, 2.24) is 19.8 Å². The molecule has 2 aliphatic heterocycles. The highest BCUT2D eigenvalue weighted by molar-refractivity contribution is 5.94. The number of nitrogens with zero attached hydrogens (tertiary/aromatic N) is 3. The number of amides is 1. The molecule has 0 spiro atoms. The molecule has 1 amide bonds. The van der Waals surface area contributed by atoms with Gasteiger partial charge in [-0.05, 0) is 42.3 Å². The molecule has 0 radical (unpaired) electrons. The van der Waals surface area contributed by atoms with Crippen molar-refractivity contribution in [2.24, 2.45) is 0 Å². The van der Waals surface area contributed by atoms with E-state index < -0.39 is 0 Å². The highest BCUT2D eigenvalue weighted by atomic mass is 16.5. The van der Waals surface area contributed by atoms with E-state index in [9.17, 15) is 4.79 Å². The van der Waals surface area contributed by atoms with E-state index in [4.69, 9.17) is 4.74 Å². The number of fused-ring (bicyclic) bond motifs is 8. The first-order valence-corrected chi connectivity index (χ1v) is 10.1. The Kier molecular flexibility index (Phi) is 4.56. The summed E-state index contributed by atoms with van der Waals surface area (Å²) in [5.41, 5.74) is 4.12. The van der Waals surface area contributed by atoms with E-state index in [1.54, 1.807) is 11.2 Å². The summed E-state index contributed by atoms with van der Waals surface area (Å²) in [4.78, 5) is 25.0. The number of hydrogen-bond donors (Lipinski definition) is 1. The lowest BCUT2D eigenvalue weighted by atomic mass is 9.95. The minimum absolute atomic E-state index is 0.0195. The molecular formula is C23H24N4O2. The number of H-pyrrole nitrogens is 1. The molecule has 0 fully saturated rings. The summed E-state index contributed by atoms with van der Waals surface area (Å²) < 4.78 is 6.12. The Labute approximate surface area is 170 Å². The molecule has 148 valence electrons. The standard InChI is InChI=1S/C23H24N4O2/c1-26-10-4-11-27-12-9-20-21(25-15-24-20)22(27)16-5-2-7-18(13-16)29-19-8-3-6-17(14-19)23(26)28/h2-3,5-8,13-15,22H,4,9-12H2,1H3,(H,24,25). The van der Waals surface area contributed by atoms with Gasteiger partial charge in [0.15, 0.2) is 0 Å². The van der Waals surface area contributed by atoms with Crippen molar-refractivity contribution < 1.29 is 9.53 Å². The van der Waals surface area contributed by atoms with Crippen molar-refractivity contribution in [1.29, 1.82) is 0 Å². The molecule has 29 heavy (non-hydrogen) atoms. The zero-order valence-corrected chi connectivity index (χ0v) is 16.5. The Balaban J connectivity index is 1.58. The molecule has 1 aromatic heterocycles. The van der Waals surface area contributed by atoms with Crippen molar-refractivity contribution in [2.75, 3.05) is 26.7 Å². The maximum absolute atomic E-state index is 12.8. The molecule has 5 rings (SSSR count).